The second kappa shape index (κ2) is 12.7. The number of aromatic nitrogens is 5. The molecule has 11 nitrogen and oxygen atoms in total. The highest BCUT2D eigenvalue weighted by atomic mass is 79.9. The number of methoxy groups -OCH3 is 1. The molecule has 0 aliphatic carbocycles. The van der Waals surface area contributed by atoms with Crippen LogP contribution in [0.3, 0.4) is 0 Å². The van der Waals surface area contributed by atoms with Crippen molar-refractivity contribution in [1.29, 1.82) is 0 Å². The molecule has 2 aromatic carbocycles. The summed E-state index contributed by atoms with van der Waals surface area (Å²) >= 11 is 7.47. The smallest absolute Gasteiger partial charge is 0.264 e. The molecule has 2 aromatic heterocycles. The van der Waals surface area contributed by atoms with Crippen molar-refractivity contribution >= 4 is 74.0 Å². The summed E-state index contributed by atoms with van der Waals surface area (Å²) in [6, 6.07) is 15.5. The monoisotopic (exact) mass is 605 g/mol. The van der Waals surface area contributed by atoms with Crippen molar-refractivity contribution in [3.63, 3.8) is 0 Å². The number of benzene rings is 2. The maximum Gasteiger partial charge on any atom is 0.264 e. The molecular formula is C21H20BrN9O2S3. The number of hydrazone groups is 1. The van der Waals surface area contributed by atoms with Crippen LogP contribution in [0.25, 0.3) is 0 Å². The fraction of sp³-hybridized carbons (Fsp3) is 0.143. The minimum absolute atomic E-state index is 0.0694. The number of para-hydroxylation sites is 1. The van der Waals surface area contributed by atoms with E-state index in [9.17, 15) is 4.79 Å². The molecule has 4 aromatic rings. The minimum Gasteiger partial charge on any atom is -0.496 e. The van der Waals surface area contributed by atoms with Crippen LogP contribution in [0.4, 0.5) is 11.1 Å². The second-order valence-corrected chi connectivity index (χ2v) is 11.0. The maximum absolute atomic E-state index is 12.4. The Morgan fingerprint density at radius 1 is 1.19 bits per heavy atom. The highest BCUT2D eigenvalue weighted by Crippen LogP contribution is 2.29. The van der Waals surface area contributed by atoms with E-state index >= 15 is 0 Å². The third-order valence-electron chi connectivity index (χ3n) is 4.41. The molecule has 186 valence electrons. The van der Waals surface area contributed by atoms with Gasteiger partial charge in [0.25, 0.3) is 5.95 Å². The van der Waals surface area contributed by atoms with E-state index in [1.54, 1.807) is 25.1 Å². The van der Waals surface area contributed by atoms with E-state index in [0.29, 0.717) is 16.0 Å². The number of rotatable bonds is 11. The van der Waals surface area contributed by atoms with Gasteiger partial charge in [-0.1, -0.05) is 75.1 Å². The number of hydrogen-bond acceptors (Lipinski definition) is 12. The van der Waals surface area contributed by atoms with E-state index in [1.165, 1.54) is 16.0 Å². The zero-order valence-electron chi connectivity index (χ0n) is 18.8. The first kappa shape index (κ1) is 25.9. The van der Waals surface area contributed by atoms with Crippen molar-refractivity contribution in [2.75, 3.05) is 29.4 Å². The van der Waals surface area contributed by atoms with Gasteiger partial charge in [-0.05, 0) is 29.8 Å². The first-order chi connectivity index (χ1) is 17.5. The third-order valence-corrected chi connectivity index (χ3v) is 7.89. The molecule has 0 aliphatic heterocycles. The Kier molecular flexibility index (Phi) is 9.16. The number of ether oxygens (including phenoxy) is 1. The Balaban J connectivity index is 1.24. The Labute approximate surface area is 227 Å². The topological polar surface area (TPSA) is 145 Å². The highest BCUT2D eigenvalue weighted by molar-refractivity contribution is 9.10. The number of carbonyl (C=O) groups is 1. The number of thioether (sulfide) groups is 2. The van der Waals surface area contributed by atoms with Crippen LogP contribution in [-0.2, 0) is 10.5 Å². The summed E-state index contributed by atoms with van der Waals surface area (Å²) in [6.45, 7) is 0. The number of nitrogens with two attached hydrogens (primary N) is 1. The first-order valence-corrected chi connectivity index (χ1v) is 13.9. The number of nitrogens with one attached hydrogen (secondary N) is 2. The molecule has 0 saturated heterocycles. The van der Waals surface area contributed by atoms with E-state index in [1.807, 2.05) is 42.5 Å². The van der Waals surface area contributed by atoms with Gasteiger partial charge in [-0.15, -0.1) is 20.4 Å². The molecule has 0 bridgehead atoms. The van der Waals surface area contributed by atoms with Crippen molar-refractivity contribution < 1.29 is 9.53 Å². The van der Waals surface area contributed by atoms with Gasteiger partial charge in [-0.25, -0.2) is 10.1 Å². The van der Waals surface area contributed by atoms with Crippen LogP contribution in [0, 0.1) is 0 Å². The molecule has 15 heteroatoms. The third kappa shape index (κ3) is 7.19. The zero-order valence-corrected chi connectivity index (χ0v) is 22.8. The summed E-state index contributed by atoms with van der Waals surface area (Å²) in [5.41, 5.74) is 4.68. The Morgan fingerprint density at radius 2 is 2.06 bits per heavy atom. The quantitative estimate of drug-likeness (QED) is 0.0751. The van der Waals surface area contributed by atoms with Crippen molar-refractivity contribution in [1.82, 2.24) is 25.1 Å². The molecule has 1 amide bonds. The van der Waals surface area contributed by atoms with Crippen molar-refractivity contribution in [3.05, 3.63) is 64.1 Å². The lowest BCUT2D eigenvalue weighted by atomic mass is 10.2. The Bertz CT molecular complexity index is 1360. The molecule has 0 fully saturated rings. The number of hydrogen-bond donors (Lipinski definition) is 3. The highest BCUT2D eigenvalue weighted by Gasteiger charge is 2.14. The number of carbonyl (C=O) groups excluding carboxylic acids is 1. The normalized spacial score (nSPS) is 11.1. The lowest BCUT2D eigenvalue weighted by molar-refractivity contribution is -0.113. The van der Waals surface area contributed by atoms with Crippen LogP contribution in [-0.4, -0.2) is 50.1 Å². The molecule has 0 atom stereocenters. The van der Waals surface area contributed by atoms with E-state index in [2.05, 4.69) is 58.2 Å². The summed E-state index contributed by atoms with van der Waals surface area (Å²) < 4.78 is 8.30. The van der Waals surface area contributed by atoms with Crippen LogP contribution in [0.2, 0.25) is 0 Å². The lowest BCUT2D eigenvalue weighted by Crippen LogP contribution is -2.16. The average molecular weight is 607 g/mol. The minimum atomic E-state index is -0.258. The largest absolute Gasteiger partial charge is 0.496 e. The van der Waals surface area contributed by atoms with Gasteiger partial charge in [0.2, 0.25) is 16.2 Å². The van der Waals surface area contributed by atoms with Gasteiger partial charge in [-0.3, -0.25) is 10.1 Å². The Hall–Kier alpha value is -3.14. The van der Waals surface area contributed by atoms with E-state index in [4.69, 9.17) is 10.6 Å². The standard InChI is InChI=1S/C21H20BrN9O2S3/c1-33-16-8-3-2-6-14(16)10-24-26-18-27-29-20(31(18)23)34-12-17(32)25-19-28-30-21(36-19)35-11-13-5-4-7-15(22)9-13/h2-10H,11-12,23H2,1H3,(H,26,27)(H,25,28,32)/b24-10+. The first-order valence-electron chi connectivity index (χ1n) is 10.3. The number of nitrogens with zero attached hydrogens (tertiary/aromatic N) is 6. The van der Waals surface area contributed by atoms with Crippen molar-refractivity contribution in [2.45, 2.75) is 15.2 Å². The Morgan fingerprint density at radius 3 is 2.89 bits per heavy atom. The predicted molar refractivity (Wildman–Crippen MR) is 147 cm³/mol. The summed E-state index contributed by atoms with van der Waals surface area (Å²) in [6.07, 6.45) is 1.58. The van der Waals surface area contributed by atoms with Gasteiger partial charge >= 0.3 is 0 Å². The predicted octanol–water partition coefficient (Wildman–Crippen LogP) is 4.08. The molecule has 0 spiro atoms. The van der Waals surface area contributed by atoms with Crippen LogP contribution >= 0.6 is 50.8 Å². The van der Waals surface area contributed by atoms with Crippen LogP contribution < -0.4 is 21.3 Å². The molecule has 0 radical (unpaired) electrons. The molecule has 0 unspecified atom stereocenters. The molecule has 36 heavy (non-hydrogen) atoms. The van der Waals surface area contributed by atoms with Crippen LogP contribution in [0.5, 0.6) is 5.75 Å². The van der Waals surface area contributed by atoms with Crippen molar-refractivity contribution in [2.24, 2.45) is 5.10 Å². The summed E-state index contributed by atoms with van der Waals surface area (Å²) in [5.74, 6) is 7.50. The lowest BCUT2D eigenvalue weighted by Gasteiger charge is -2.04. The van der Waals surface area contributed by atoms with Crippen molar-refractivity contribution in [3.8, 4) is 5.75 Å². The van der Waals surface area contributed by atoms with Gasteiger partial charge in [0.05, 0.1) is 19.1 Å². The second-order valence-electron chi connectivity index (χ2n) is 6.92. The molecule has 2 heterocycles. The van der Waals surface area contributed by atoms with Gasteiger partial charge < -0.3 is 10.6 Å². The van der Waals surface area contributed by atoms with Crippen LogP contribution in [0.1, 0.15) is 11.1 Å². The van der Waals surface area contributed by atoms with Crippen LogP contribution in [0.15, 0.2) is 67.6 Å². The fourth-order valence-electron chi connectivity index (χ4n) is 2.76. The van der Waals surface area contributed by atoms with Gasteiger partial charge in [0.15, 0.2) is 4.34 Å². The fourth-order valence-corrected chi connectivity index (χ4v) is 5.57. The number of nitrogen functional groups attached to an aromatic ring is 1. The average Bonchev–Trinajstić information content (AvgIpc) is 3.47. The van der Waals surface area contributed by atoms with E-state index in [0.717, 1.165) is 37.5 Å². The molecule has 4 rings (SSSR count). The number of anilines is 2. The zero-order chi connectivity index (χ0) is 25.3. The number of amides is 1. The van der Waals surface area contributed by atoms with E-state index in [-0.39, 0.29) is 17.6 Å². The summed E-state index contributed by atoms with van der Waals surface area (Å²) in [4.78, 5) is 12.4. The SMILES string of the molecule is COc1ccccc1/C=N/Nc1nnc(SCC(=O)Nc2nnc(SCc3cccc(Br)c3)s2)n1N. The van der Waals surface area contributed by atoms with Gasteiger partial charge in [0, 0.05) is 15.8 Å². The van der Waals surface area contributed by atoms with Gasteiger partial charge in [0.1, 0.15) is 5.75 Å². The molecular weight excluding hydrogens is 586 g/mol. The number of halogens is 1. The van der Waals surface area contributed by atoms with E-state index < -0.39 is 0 Å². The molecule has 4 N–H and O–H groups in total. The molecule has 0 aliphatic rings. The summed E-state index contributed by atoms with van der Waals surface area (Å²) in [5, 5.41) is 23.8. The maximum atomic E-state index is 12.4. The molecule has 0 saturated carbocycles. The summed E-state index contributed by atoms with van der Waals surface area (Å²) in [7, 11) is 1.59. The van der Waals surface area contributed by atoms with Gasteiger partial charge in [-0.2, -0.15) is 5.10 Å².